The number of rotatable bonds is 8. The summed E-state index contributed by atoms with van der Waals surface area (Å²) in [6.07, 6.45) is -0.129. The summed E-state index contributed by atoms with van der Waals surface area (Å²) in [7, 11) is 1.58. The van der Waals surface area contributed by atoms with Crippen LogP contribution in [0.15, 0.2) is 24.3 Å². The van der Waals surface area contributed by atoms with Crippen LogP contribution in [0.1, 0.15) is 6.42 Å². The molecule has 1 aliphatic heterocycles. The number of hydrogen-bond acceptors (Lipinski definition) is 6. The summed E-state index contributed by atoms with van der Waals surface area (Å²) in [6, 6.07) is 7.38. The molecule has 1 amide bonds. The van der Waals surface area contributed by atoms with Gasteiger partial charge in [-0.2, -0.15) is 0 Å². The standard InChI is InChI=1S/C16H25N3O4/c1-22-14-4-2-3-5-15(14)23-11-13(20)8-12-9-18-6-7-19(12)10-16(17)21/h2-5,12-13,18,20H,6-11H2,1H3,(H2,17,21). The first-order valence-corrected chi connectivity index (χ1v) is 7.77. The third-order valence-corrected chi connectivity index (χ3v) is 3.88. The number of methoxy groups -OCH3 is 1. The van der Waals surface area contributed by atoms with E-state index in [1.165, 1.54) is 0 Å². The first-order valence-electron chi connectivity index (χ1n) is 7.77. The van der Waals surface area contributed by atoms with Crippen LogP contribution < -0.4 is 20.5 Å². The molecule has 4 N–H and O–H groups in total. The van der Waals surface area contributed by atoms with E-state index in [1.807, 2.05) is 17.0 Å². The van der Waals surface area contributed by atoms with Crippen LogP contribution in [0, 0.1) is 0 Å². The molecular weight excluding hydrogens is 298 g/mol. The molecule has 0 spiro atoms. The minimum atomic E-state index is -0.639. The monoisotopic (exact) mass is 323 g/mol. The maximum atomic E-state index is 11.1. The van der Waals surface area contributed by atoms with E-state index in [2.05, 4.69) is 5.32 Å². The first-order chi connectivity index (χ1) is 11.1. The second kappa shape index (κ2) is 8.71. The number of carbonyl (C=O) groups excluding carboxylic acids is 1. The summed E-state index contributed by atoms with van der Waals surface area (Å²) in [4.78, 5) is 13.1. The first kappa shape index (κ1) is 17.5. The SMILES string of the molecule is COc1ccccc1OCC(O)CC1CNCCN1CC(N)=O. The van der Waals surface area contributed by atoms with E-state index in [-0.39, 0.29) is 25.1 Å². The molecule has 2 unspecified atom stereocenters. The maximum Gasteiger partial charge on any atom is 0.231 e. The van der Waals surface area contributed by atoms with Gasteiger partial charge in [-0.05, 0) is 18.6 Å². The molecule has 2 rings (SSSR count). The quantitative estimate of drug-likeness (QED) is 0.601. The van der Waals surface area contributed by atoms with Crippen LogP contribution in [-0.2, 0) is 4.79 Å². The van der Waals surface area contributed by atoms with Crippen molar-refractivity contribution in [3.05, 3.63) is 24.3 Å². The van der Waals surface area contributed by atoms with Gasteiger partial charge in [-0.1, -0.05) is 12.1 Å². The Kier molecular flexibility index (Phi) is 6.64. The Balaban J connectivity index is 1.85. The van der Waals surface area contributed by atoms with Gasteiger partial charge in [-0.3, -0.25) is 9.69 Å². The van der Waals surface area contributed by atoms with E-state index in [9.17, 15) is 9.90 Å². The van der Waals surface area contributed by atoms with Gasteiger partial charge in [0, 0.05) is 25.7 Å². The number of ether oxygens (including phenoxy) is 2. The fourth-order valence-corrected chi connectivity index (χ4v) is 2.75. The van der Waals surface area contributed by atoms with Gasteiger partial charge >= 0.3 is 0 Å². The third kappa shape index (κ3) is 5.38. The van der Waals surface area contributed by atoms with Gasteiger partial charge in [0.05, 0.1) is 19.8 Å². The van der Waals surface area contributed by atoms with Crippen molar-refractivity contribution in [3.8, 4) is 11.5 Å². The van der Waals surface area contributed by atoms with Crippen LogP contribution in [0.2, 0.25) is 0 Å². The molecular formula is C16H25N3O4. The number of piperazine rings is 1. The summed E-state index contributed by atoms with van der Waals surface area (Å²) in [5.74, 6) is 0.885. The Hall–Kier alpha value is -1.83. The number of hydrogen-bond donors (Lipinski definition) is 3. The molecule has 1 aromatic carbocycles. The highest BCUT2D eigenvalue weighted by Gasteiger charge is 2.26. The fourth-order valence-electron chi connectivity index (χ4n) is 2.75. The smallest absolute Gasteiger partial charge is 0.231 e. The molecule has 2 atom stereocenters. The maximum absolute atomic E-state index is 11.1. The zero-order valence-electron chi connectivity index (χ0n) is 13.4. The summed E-state index contributed by atoms with van der Waals surface area (Å²) in [6.45, 7) is 2.66. The van der Waals surface area contributed by atoms with Crippen molar-refractivity contribution >= 4 is 5.91 Å². The number of amides is 1. The topological polar surface area (TPSA) is 97.1 Å². The fraction of sp³-hybridized carbons (Fsp3) is 0.562. The van der Waals surface area contributed by atoms with Crippen LogP contribution >= 0.6 is 0 Å². The van der Waals surface area contributed by atoms with Crippen molar-refractivity contribution in [3.63, 3.8) is 0 Å². The molecule has 1 aromatic rings. The van der Waals surface area contributed by atoms with Gasteiger partial charge in [0.1, 0.15) is 6.61 Å². The molecule has 1 fully saturated rings. The summed E-state index contributed by atoms with van der Waals surface area (Å²) in [5.41, 5.74) is 5.28. The van der Waals surface area contributed by atoms with E-state index in [1.54, 1.807) is 19.2 Å². The number of aliphatic hydroxyl groups is 1. The van der Waals surface area contributed by atoms with Gasteiger partial charge in [0.15, 0.2) is 11.5 Å². The second-order valence-corrected chi connectivity index (χ2v) is 5.65. The van der Waals surface area contributed by atoms with Gasteiger partial charge in [-0.15, -0.1) is 0 Å². The average molecular weight is 323 g/mol. The second-order valence-electron chi connectivity index (χ2n) is 5.65. The Morgan fingerprint density at radius 1 is 1.48 bits per heavy atom. The number of nitrogens with zero attached hydrogens (tertiary/aromatic N) is 1. The normalized spacial score (nSPS) is 20.0. The summed E-state index contributed by atoms with van der Waals surface area (Å²) in [5, 5.41) is 13.5. The Morgan fingerprint density at radius 2 is 2.22 bits per heavy atom. The van der Waals surface area contributed by atoms with E-state index in [4.69, 9.17) is 15.2 Å². The van der Waals surface area contributed by atoms with Crippen molar-refractivity contribution in [1.29, 1.82) is 0 Å². The highest BCUT2D eigenvalue weighted by Crippen LogP contribution is 2.26. The lowest BCUT2D eigenvalue weighted by Crippen LogP contribution is -2.54. The Morgan fingerprint density at radius 3 is 2.91 bits per heavy atom. The number of primary amides is 1. The molecule has 0 radical (unpaired) electrons. The number of carbonyl (C=O) groups is 1. The molecule has 7 heteroatoms. The Bertz CT molecular complexity index is 512. The number of benzene rings is 1. The van der Waals surface area contributed by atoms with E-state index < -0.39 is 6.10 Å². The molecule has 1 heterocycles. The predicted molar refractivity (Wildman–Crippen MR) is 86.5 cm³/mol. The van der Waals surface area contributed by atoms with Crippen molar-refractivity contribution in [2.24, 2.45) is 5.73 Å². The zero-order valence-corrected chi connectivity index (χ0v) is 13.4. The molecule has 0 saturated carbocycles. The number of aliphatic hydroxyl groups excluding tert-OH is 1. The minimum absolute atomic E-state index is 0.0625. The van der Waals surface area contributed by atoms with Gasteiger partial charge < -0.3 is 25.6 Å². The lowest BCUT2D eigenvalue weighted by atomic mass is 10.1. The van der Waals surface area contributed by atoms with Crippen molar-refractivity contribution < 1.29 is 19.4 Å². The van der Waals surface area contributed by atoms with Crippen molar-refractivity contribution in [2.75, 3.05) is 39.9 Å². The minimum Gasteiger partial charge on any atom is -0.493 e. The molecule has 7 nitrogen and oxygen atoms in total. The van der Waals surface area contributed by atoms with E-state index in [0.29, 0.717) is 17.9 Å². The summed E-state index contributed by atoms with van der Waals surface area (Å²) >= 11 is 0. The molecule has 128 valence electrons. The third-order valence-electron chi connectivity index (χ3n) is 3.88. The number of nitrogens with two attached hydrogens (primary N) is 1. The van der Waals surface area contributed by atoms with Crippen molar-refractivity contribution in [1.82, 2.24) is 10.2 Å². The van der Waals surface area contributed by atoms with Gasteiger partial charge in [-0.25, -0.2) is 0 Å². The van der Waals surface area contributed by atoms with E-state index >= 15 is 0 Å². The average Bonchev–Trinajstić information content (AvgIpc) is 2.54. The molecule has 0 aliphatic carbocycles. The molecule has 1 aliphatic rings. The molecule has 0 bridgehead atoms. The number of nitrogens with one attached hydrogen (secondary N) is 1. The van der Waals surface area contributed by atoms with Gasteiger partial charge in [0.25, 0.3) is 0 Å². The molecule has 1 saturated heterocycles. The highest BCUT2D eigenvalue weighted by atomic mass is 16.5. The van der Waals surface area contributed by atoms with Crippen LogP contribution in [0.4, 0.5) is 0 Å². The Labute approximate surface area is 136 Å². The lowest BCUT2D eigenvalue weighted by Gasteiger charge is -2.36. The molecule has 0 aromatic heterocycles. The summed E-state index contributed by atoms with van der Waals surface area (Å²) < 4.78 is 10.9. The van der Waals surface area contributed by atoms with Crippen molar-refractivity contribution in [2.45, 2.75) is 18.6 Å². The van der Waals surface area contributed by atoms with Crippen LogP contribution in [0.3, 0.4) is 0 Å². The zero-order chi connectivity index (χ0) is 16.7. The van der Waals surface area contributed by atoms with Crippen LogP contribution in [-0.4, -0.2) is 68.0 Å². The van der Waals surface area contributed by atoms with Crippen LogP contribution in [0.25, 0.3) is 0 Å². The molecule has 23 heavy (non-hydrogen) atoms. The highest BCUT2D eigenvalue weighted by molar-refractivity contribution is 5.76. The predicted octanol–water partition coefficient (Wildman–Crippen LogP) is -0.416. The van der Waals surface area contributed by atoms with Gasteiger partial charge in [0.2, 0.25) is 5.91 Å². The lowest BCUT2D eigenvalue weighted by molar-refractivity contribution is -0.120. The number of para-hydroxylation sites is 2. The van der Waals surface area contributed by atoms with E-state index in [0.717, 1.165) is 19.6 Å². The van der Waals surface area contributed by atoms with Crippen LogP contribution in [0.5, 0.6) is 11.5 Å². The largest absolute Gasteiger partial charge is 0.493 e.